The summed E-state index contributed by atoms with van der Waals surface area (Å²) in [6, 6.07) is 19.6. The minimum atomic E-state index is 0.0834. The van der Waals surface area contributed by atoms with Gasteiger partial charge in [0.1, 0.15) is 0 Å². The van der Waals surface area contributed by atoms with E-state index in [9.17, 15) is 4.79 Å². The Morgan fingerprint density at radius 3 is 1.94 bits per heavy atom. The van der Waals surface area contributed by atoms with Crippen molar-refractivity contribution in [2.24, 2.45) is 0 Å². The Labute approximate surface area is 101 Å². The molecule has 0 spiro atoms. The van der Waals surface area contributed by atoms with Gasteiger partial charge in [-0.05, 0) is 24.1 Å². The summed E-state index contributed by atoms with van der Waals surface area (Å²) in [5, 5.41) is 0. The number of hydrogen-bond donors (Lipinski definition) is 0. The first-order chi connectivity index (χ1) is 8.27. The number of carbonyl (C=O) groups is 1. The highest BCUT2D eigenvalue weighted by atomic mass is 16.1. The molecule has 0 fully saturated rings. The van der Waals surface area contributed by atoms with E-state index in [1.165, 1.54) is 0 Å². The van der Waals surface area contributed by atoms with E-state index in [-0.39, 0.29) is 5.78 Å². The summed E-state index contributed by atoms with van der Waals surface area (Å²) >= 11 is 0. The molecule has 0 aromatic heterocycles. The van der Waals surface area contributed by atoms with E-state index in [0.717, 1.165) is 16.7 Å². The van der Waals surface area contributed by atoms with Crippen molar-refractivity contribution < 1.29 is 4.79 Å². The molecule has 84 valence electrons. The van der Waals surface area contributed by atoms with Gasteiger partial charge in [-0.3, -0.25) is 4.79 Å². The highest BCUT2D eigenvalue weighted by Crippen LogP contribution is 2.18. The van der Waals surface area contributed by atoms with Crippen LogP contribution in [0.3, 0.4) is 0 Å². The number of carbonyl (C=O) groups excluding carboxylic acids is 1. The van der Waals surface area contributed by atoms with Gasteiger partial charge in [0.15, 0.2) is 5.78 Å². The number of ketones is 1. The van der Waals surface area contributed by atoms with Gasteiger partial charge < -0.3 is 0 Å². The zero-order valence-corrected chi connectivity index (χ0v) is 9.76. The normalized spacial score (nSPS) is 11.2. The van der Waals surface area contributed by atoms with Gasteiger partial charge in [0.25, 0.3) is 0 Å². The van der Waals surface area contributed by atoms with Gasteiger partial charge in [-0.25, -0.2) is 0 Å². The van der Waals surface area contributed by atoms with E-state index < -0.39 is 0 Å². The van der Waals surface area contributed by atoms with Crippen LogP contribution in [0.5, 0.6) is 0 Å². The zero-order valence-electron chi connectivity index (χ0n) is 9.76. The van der Waals surface area contributed by atoms with Crippen molar-refractivity contribution in [2.45, 2.75) is 6.92 Å². The maximum absolute atomic E-state index is 11.7. The Morgan fingerprint density at radius 2 is 1.41 bits per heavy atom. The molecule has 0 saturated heterocycles. The monoisotopic (exact) mass is 222 g/mol. The van der Waals surface area contributed by atoms with Crippen molar-refractivity contribution in [1.82, 2.24) is 0 Å². The third kappa shape index (κ3) is 2.91. The van der Waals surface area contributed by atoms with Gasteiger partial charge in [-0.15, -0.1) is 0 Å². The Bertz CT molecular complexity index is 524. The second kappa shape index (κ2) is 5.26. The molecular formula is C16H14O. The third-order valence-electron chi connectivity index (χ3n) is 2.57. The fourth-order valence-corrected chi connectivity index (χ4v) is 1.72. The summed E-state index contributed by atoms with van der Waals surface area (Å²) in [5.74, 6) is 0.0834. The molecule has 0 bridgehead atoms. The minimum absolute atomic E-state index is 0.0834. The summed E-state index contributed by atoms with van der Waals surface area (Å²) in [6.45, 7) is 1.60. The molecule has 2 aromatic carbocycles. The predicted octanol–water partition coefficient (Wildman–Crippen LogP) is 3.82. The number of rotatable bonds is 3. The molecule has 0 atom stereocenters. The lowest BCUT2D eigenvalue weighted by Gasteiger charge is -2.04. The topological polar surface area (TPSA) is 17.1 Å². The first-order valence-corrected chi connectivity index (χ1v) is 5.60. The van der Waals surface area contributed by atoms with Gasteiger partial charge in [-0.1, -0.05) is 60.7 Å². The van der Waals surface area contributed by atoms with Crippen molar-refractivity contribution in [1.29, 1.82) is 0 Å². The van der Waals surface area contributed by atoms with Crippen LogP contribution in [0.1, 0.15) is 18.1 Å². The van der Waals surface area contributed by atoms with Crippen molar-refractivity contribution >= 4 is 17.4 Å². The first kappa shape index (κ1) is 11.3. The van der Waals surface area contributed by atoms with Crippen LogP contribution < -0.4 is 0 Å². The Balaban J connectivity index is 2.44. The molecule has 0 aliphatic carbocycles. The van der Waals surface area contributed by atoms with Gasteiger partial charge >= 0.3 is 0 Å². The quantitative estimate of drug-likeness (QED) is 0.570. The number of allylic oxidation sites excluding steroid dienone is 1. The number of benzene rings is 2. The van der Waals surface area contributed by atoms with Crippen LogP contribution in [0.15, 0.2) is 60.7 Å². The van der Waals surface area contributed by atoms with Gasteiger partial charge in [0.2, 0.25) is 0 Å². The average molecular weight is 222 g/mol. The molecule has 0 amide bonds. The van der Waals surface area contributed by atoms with E-state index in [1.54, 1.807) is 6.92 Å². The van der Waals surface area contributed by atoms with Crippen LogP contribution in [0.4, 0.5) is 0 Å². The van der Waals surface area contributed by atoms with Crippen molar-refractivity contribution in [3.05, 3.63) is 71.8 Å². The van der Waals surface area contributed by atoms with Crippen LogP contribution in [-0.4, -0.2) is 5.78 Å². The van der Waals surface area contributed by atoms with Gasteiger partial charge in [0.05, 0.1) is 0 Å². The lowest BCUT2D eigenvalue weighted by Crippen LogP contribution is -1.95. The van der Waals surface area contributed by atoms with E-state index in [2.05, 4.69) is 0 Å². The van der Waals surface area contributed by atoms with Crippen LogP contribution in [0.25, 0.3) is 11.6 Å². The summed E-state index contributed by atoms with van der Waals surface area (Å²) < 4.78 is 0. The lowest BCUT2D eigenvalue weighted by molar-refractivity contribution is -0.111. The standard InChI is InChI=1S/C16H14O/c1-13(17)16(15-10-6-3-7-11-15)12-14-8-4-2-5-9-14/h2-12H,1H3/b16-12+. The second-order valence-corrected chi connectivity index (χ2v) is 3.89. The molecule has 1 nitrogen and oxygen atoms in total. The van der Waals surface area contributed by atoms with Crippen LogP contribution in [-0.2, 0) is 4.79 Å². The van der Waals surface area contributed by atoms with Gasteiger partial charge in [-0.2, -0.15) is 0 Å². The molecule has 0 aliphatic rings. The lowest BCUT2D eigenvalue weighted by atomic mass is 10.00. The summed E-state index contributed by atoms with van der Waals surface area (Å²) in [7, 11) is 0. The van der Waals surface area contributed by atoms with E-state index in [1.807, 2.05) is 66.7 Å². The Morgan fingerprint density at radius 1 is 0.882 bits per heavy atom. The molecular weight excluding hydrogens is 208 g/mol. The second-order valence-electron chi connectivity index (χ2n) is 3.89. The Hall–Kier alpha value is -2.15. The maximum Gasteiger partial charge on any atom is 0.160 e. The minimum Gasteiger partial charge on any atom is -0.294 e. The molecule has 0 saturated carbocycles. The molecule has 0 heterocycles. The maximum atomic E-state index is 11.7. The molecule has 17 heavy (non-hydrogen) atoms. The molecule has 0 N–H and O–H groups in total. The highest BCUT2D eigenvalue weighted by Gasteiger charge is 2.06. The van der Waals surface area contributed by atoms with Crippen LogP contribution in [0.2, 0.25) is 0 Å². The first-order valence-electron chi connectivity index (χ1n) is 5.60. The highest BCUT2D eigenvalue weighted by molar-refractivity contribution is 6.24. The summed E-state index contributed by atoms with van der Waals surface area (Å²) in [6.07, 6.45) is 1.93. The molecule has 2 aromatic rings. The Kier molecular flexibility index (Phi) is 3.51. The number of Topliss-reactive ketones (excluding diaryl/α,β-unsaturated/α-hetero) is 1. The smallest absolute Gasteiger partial charge is 0.160 e. The van der Waals surface area contributed by atoms with Crippen molar-refractivity contribution in [3.8, 4) is 0 Å². The summed E-state index contributed by atoms with van der Waals surface area (Å²) in [5.41, 5.74) is 2.75. The zero-order chi connectivity index (χ0) is 12.1. The van der Waals surface area contributed by atoms with Crippen molar-refractivity contribution in [2.75, 3.05) is 0 Å². The molecule has 2 rings (SSSR count). The third-order valence-corrected chi connectivity index (χ3v) is 2.57. The van der Waals surface area contributed by atoms with Crippen LogP contribution in [0, 0.1) is 0 Å². The van der Waals surface area contributed by atoms with Crippen molar-refractivity contribution in [3.63, 3.8) is 0 Å². The predicted molar refractivity (Wildman–Crippen MR) is 71.4 cm³/mol. The van der Waals surface area contributed by atoms with Crippen LogP contribution >= 0.6 is 0 Å². The van der Waals surface area contributed by atoms with E-state index in [0.29, 0.717) is 0 Å². The van der Waals surface area contributed by atoms with E-state index in [4.69, 9.17) is 0 Å². The van der Waals surface area contributed by atoms with E-state index >= 15 is 0 Å². The fourth-order valence-electron chi connectivity index (χ4n) is 1.72. The van der Waals surface area contributed by atoms with Gasteiger partial charge in [0, 0.05) is 5.57 Å². The largest absolute Gasteiger partial charge is 0.294 e. The molecule has 0 unspecified atom stereocenters. The SMILES string of the molecule is CC(=O)/C(=C\c1ccccc1)c1ccccc1. The fraction of sp³-hybridized carbons (Fsp3) is 0.0625. The summed E-state index contributed by atoms with van der Waals surface area (Å²) in [4.78, 5) is 11.7. The molecule has 0 radical (unpaired) electrons. The molecule has 0 aliphatic heterocycles. The molecule has 1 heteroatoms. The average Bonchev–Trinajstić information content (AvgIpc) is 2.38. The number of hydrogen-bond acceptors (Lipinski definition) is 1.